The van der Waals surface area contributed by atoms with E-state index >= 15 is 0 Å². The average molecular weight is 1060 g/mol. The molecule has 4 heteroatoms. The van der Waals surface area contributed by atoms with Crippen LogP contribution in [0.1, 0.15) is 22.3 Å². The lowest BCUT2D eigenvalue weighted by atomic mass is 9.66. The lowest BCUT2D eigenvalue weighted by molar-refractivity contribution is 0.770. The standard InChI is InChI=1S/C73H50S4/c1-5-17-61(18-6-1)74-65-37-29-51(30-38-65)55-45-56(52-31-39-66(40-32-52)75-62-19-7-2-8-20-62)48-59(47-55)73(71-27-15-13-25-69(71)70-26-14-16-28-72(70)73)60-49-57(53-33-41-67(42-34-53)76-63-21-9-3-10-22-63)46-58(50-60)54-35-43-68(44-36-54)77-64-23-11-4-12-24-64/h1-50H. The molecule has 0 unspecified atom stereocenters. The van der Waals surface area contributed by atoms with Gasteiger partial charge >= 0.3 is 0 Å². The van der Waals surface area contributed by atoms with Crippen molar-refractivity contribution in [2.45, 2.75) is 44.6 Å². The zero-order valence-corrected chi connectivity index (χ0v) is 45.3. The van der Waals surface area contributed by atoms with Crippen molar-refractivity contribution in [3.63, 3.8) is 0 Å². The fraction of sp³-hybridized carbons (Fsp3) is 0.0137. The van der Waals surface area contributed by atoms with Gasteiger partial charge in [0.2, 0.25) is 0 Å². The number of benzene rings is 12. The summed E-state index contributed by atoms with van der Waals surface area (Å²) in [6.45, 7) is 0. The van der Waals surface area contributed by atoms with Crippen LogP contribution in [0, 0.1) is 0 Å². The highest BCUT2D eigenvalue weighted by atomic mass is 32.2. The van der Waals surface area contributed by atoms with E-state index in [2.05, 4.69) is 303 Å². The Morgan fingerprint density at radius 2 is 0.403 bits per heavy atom. The SMILES string of the molecule is c1ccc(Sc2ccc(-c3cc(-c4ccc(Sc5ccccc5)cc4)cc(C4(c5cc(-c6ccc(Sc7ccccc7)cc6)cc(-c6ccc(Sc7ccccc7)cc6)c5)c5ccccc5-c5ccccc54)c3)cc2)cc1. The van der Waals surface area contributed by atoms with Crippen LogP contribution in [0.3, 0.4) is 0 Å². The fourth-order valence-corrected chi connectivity index (χ4v) is 14.1. The van der Waals surface area contributed by atoms with E-state index in [1.54, 1.807) is 47.0 Å². The quantitative estimate of drug-likeness (QED) is 0.106. The molecule has 77 heavy (non-hydrogen) atoms. The normalized spacial score (nSPS) is 12.2. The molecule has 0 aliphatic heterocycles. The first kappa shape index (κ1) is 48.7. The third-order valence-corrected chi connectivity index (χ3v) is 18.4. The highest BCUT2D eigenvalue weighted by Crippen LogP contribution is 2.58. The molecule has 1 aliphatic rings. The lowest BCUT2D eigenvalue weighted by Crippen LogP contribution is -2.29. The third kappa shape index (κ3) is 10.3. The van der Waals surface area contributed by atoms with E-state index in [0.29, 0.717) is 0 Å². The minimum atomic E-state index is -0.707. The Bertz CT molecular complexity index is 3500. The second-order valence-corrected chi connectivity index (χ2v) is 23.8. The van der Waals surface area contributed by atoms with E-state index in [4.69, 9.17) is 0 Å². The molecule has 1 aliphatic carbocycles. The van der Waals surface area contributed by atoms with Crippen molar-refractivity contribution in [1.29, 1.82) is 0 Å². The Morgan fingerprint density at radius 1 is 0.182 bits per heavy atom. The monoisotopic (exact) mass is 1050 g/mol. The molecule has 366 valence electrons. The van der Waals surface area contributed by atoms with Crippen LogP contribution in [0.25, 0.3) is 55.6 Å². The second kappa shape index (κ2) is 21.9. The van der Waals surface area contributed by atoms with Gasteiger partial charge in [0.1, 0.15) is 0 Å². The maximum atomic E-state index is 2.49. The summed E-state index contributed by atoms with van der Waals surface area (Å²) in [5.74, 6) is 0. The van der Waals surface area contributed by atoms with Crippen LogP contribution in [-0.2, 0) is 5.41 Å². The number of fused-ring (bicyclic) bond motifs is 3. The number of hydrogen-bond donors (Lipinski definition) is 0. The van der Waals surface area contributed by atoms with E-state index in [0.717, 1.165) is 0 Å². The van der Waals surface area contributed by atoms with E-state index in [1.807, 2.05) is 0 Å². The van der Waals surface area contributed by atoms with Crippen LogP contribution in [0.15, 0.2) is 342 Å². The zero-order valence-electron chi connectivity index (χ0n) is 42.0. The van der Waals surface area contributed by atoms with Gasteiger partial charge in [0.15, 0.2) is 0 Å². The summed E-state index contributed by atoms with van der Waals surface area (Å²) in [7, 11) is 0. The van der Waals surface area contributed by atoms with Crippen LogP contribution in [0.5, 0.6) is 0 Å². The van der Waals surface area contributed by atoms with Gasteiger partial charge in [-0.25, -0.2) is 0 Å². The molecule has 0 bridgehead atoms. The minimum absolute atomic E-state index is 0.707. The van der Waals surface area contributed by atoms with Crippen molar-refractivity contribution in [1.82, 2.24) is 0 Å². The van der Waals surface area contributed by atoms with E-state index in [1.165, 1.54) is 117 Å². The molecule has 13 rings (SSSR count). The molecule has 0 saturated carbocycles. The van der Waals surface area contributed by atoms with Crippen LogP contribution >= 0.6 is 47.0 Å². The predicted molar refractivity (Wildman–Crippen MR) is 328 cm³/mol. The molecule has 0 amide bonds. The zero-order chi connectivity index (χ0) is 51.4. The Morgan fingerprint density at radius 3 is 0.662 bits per heavy atom. The van der Waals surface area contributed by atoms with Gasteiger partial charge in [-0.05, 0) is 211 Å². The fourth-order valence-electron chi connectivity index (χ4n) is 10.7. The molecule has 0 nitrogen and oxygen atoms in total. The summed E-state index contributed by atoms with van der Waals surface area (Å²) in [5.41, 5.74) is 16.2. The molecular weight excluding hydrogens is 1010 g/mol. The van der Waals surface area contributed by atoms with Crippen molar-refractivity contribution in [2.75, 3.05) is 0 Å². The molecule has 0 spiro atoms. The predicted octanol–water partition coefficient (Wildman–Crippen LogP) is 21.3. The minimum Gasteiger partial charge on any atom is -0.0901 e. The van der Waals surface area contributed by atoms with E-state index in [-0.39, 0.29) is 0 Å². The molecule has 0 atom stereocenters. The van der Waals surface area contributed by atoms with Gasteiger partial charge in [0.05, 0.1) is 5.41 Å². The van der Waals surface area contributed by atoms with E-state index < -0.39 is 5.41 Å². The summed E-state index contributed by atoms with van der Waals surface area (Å²) >= 11 is 7.18. The summed E-state index contributed by atoms with van der Waals surface area (Å²) < 4.78 is 0. The van der Waals surface area contributed by atoms with Crippen molar-refractivity contribution >= 4 is 47.0 Å². The highest BCUT2D eigenvalue weighted by Gasteiger charge is 2.46. The van der Waals surface area contributed by atoms with Gasteiger partial charge in [-0.1, -0.05) is 217 Å². The first-order valence-corrected chi connectivity index (χ1v) is 29.2. The largest absolute Gasteiger partial charge is 0.0901 e. The second-order valence-electron chi connectivity index (χ2n) is 19.2. The smallest absolute Gasteiger partial charge is 0.0714 e. The average Bonchev–Trinajstić information content (AvgIpc) is 4.07. The van der Waals surface area contributed by atoms with E-state index in [9.17, 15) is 0 Å². The van der Waals surface area contributed by atoms with Gasteiger partial charge < -0.3 is 0 Å². The molecule has 12 aromatic rings. The van der Waals surface area contributed by atoms with Crippen molar-refractivity contribution < 1.29 is 0 Å². The Labute approximate surface area is 469 Å². The van der Waals surface area contributed by atoms with Gasteiger partial charge in [-0.3, -0.25) is 0 Å². The highest BCUT2D eigenvalue weighted by molar-refractivity contribution is 8.00. The van der Waals surface area contributed by atoms with Gasteiger partial charge in [-0.2, -0.15) is 0 Å². The topological polar surface area (TPSA) is 0 Å². The molecule has 0 radical (unpaired) electrons. The molecule has 0 aromatic heterocycles. The van der Waals surface area contributed by atoms with Crippen LogP contribution in [-0.4, -0.2) is 0 Å². The van der Waals surface area contributed by atoms with Crippen LogP contribution < -0.4 is 0 Å². The Hall–Kier alpha value is -7.96. The van der Waals surface area contributed by atoms with Crippen LogP contribution in [0.2, 0.25) is 0 Å². The summed E-state index contributed by atoms with van der Waals surface area (Å²) in [6, 6.07) is 112. The molecule has 12 aromatic carbocycles. The number of hydrogen-bond acceptors (Lipinski definition) is 4. The van der Waals surface area contributed by atoms with Crippen molar-refractivity contribution in [2.24, 2.45) is 0 Å². The number of rotatable bonds is 14. The summed E-state index contributed by atoms with van der Waals surface area (Å²) in [4.78, 5) is 9.74. The van der Waals surface area contributed by atoms with Gasteiger partial charge in [-0.15, -0.1) is 0 Å². The Balaban J connectivity index is 1.02. The van der Waals surface area contributed by atoms with Gasteiger partial charge in [0.25, 0.3) is 0 Å². The maximum Gasteiger partial charge on any atom is 0.0714 e. The molecule has 0 fully saturated rings. The maximum absolute atomic E-state index is 2.49. The van der Waals surface area contributed by atoms with Gasteiger partial charge in [0, 0.05) is 39.2 Å². The first-order chi connectivity index (χ1) is 38.1. The molecule has 0 N–H and O–H groups in total. The lowest BCUT2D eigenvalue weighted by Gasteiger charge is -2.35. The molecule has 0 saturated heterocycles. The molecule has 0 heterocycles. The Kier molecular flexibility index (Phi) is 13.9. The first-order valence-electron chi connectivity index (χ1n) is 25.9. The van der Waals surface area contributed by atoms with Crippen LogP contribution in [0.4, 0.5) is 0 Å². The summed E-state index contributed by atoms with van der Waals surface area (Å²) in [5, 5.41) is 0. The van der Waals surface area contributed by atoms with Crippen molar-refractivity contribution in [3.05, 3.63) is 326 Å². The summed E-state index contributed by atoms with van der Waals surface area (Å²) in [6.07, 6.45) is 0. The van der Waals surface area contributed by atoms with Crippen molar-refractivity contribution in [3.8, 4) is 55.6 Å². The molecular formula is C73H50S4. The third-order valence-electron chi connectivity index (χ3n) is 14.4.